The van der Waals surface area contributed by atoms with Crippen LogP contribution < -0.4 is 5.73 Å². The molecule has 0 unspecified atom stereocenters. The lowest BCUT2D eigenvalue weighted by atomic mass is 9.81. The Morgan fingerprint density at radius 3 is 2.89 bits per heavy atom. The highest BCUT2D eigenvalue weighted by Gasteiger charge is 2.31. The first-order chi connectivity index (χ1) is 9.24. The van der Waals surface area contributed by atoms with E-state index in [1.165, 1.54) is 0 Å². The Morgan fingerprint density at radius 2 is 2.11 bits per heavy atom. The molecule has 3 heteroatoms. The molecule has 0 aromatic heterocycles. The van der Waals surface area contributed by atoms with Crippen LogP contribution in [0.15, 0.2) is 64.4 Å². The quantitative estimate of drug-likeness (QED) is 0.566. The standard InChI is InChI=1S/C16H12N2O/c1-18-15-10-6-3-2-4-7-11(10)16(19)12-8-5-9-13(17)14(12)15/h2-5,7-9H,17H2,1H3. The molecule has 0 saturated heterocycles. The molecule has 92 valence electrons. The van der Waals surface area contributed by atoms with Gasteiger partial charge in [-0.25, -0.2) is 0 Å². The summed E-state index contributed by atoms with van der Waals surface area (Å²) in [5, 5.41) is 0. The molecule has 0 fully saturated rings. The summed E-state index contributed by atoms with van der Waals surface area (Å²) in [7, 11) is 1.70. The van der Waals surface area contributed by atoms with Gasteiger partial charge in [0, 0.05) is 29.4 Å². The third-order valence-corrected chi connectivity index (χ3v) is 3.25. The van der Waals surface area contributed by atoms with Crippen molar-refractivity contribution in [1.29, 1.82) is 0 Å². The normalized spacial score (nSPS) is 18.6. The molecule has 2 aliphatic rings. The third kappa shape index (κ3) is 1.60. The zero-order valence-corrected chi connectivity index (χ0v) is 10.5. The van der Waals surface area contributed by atoms with Crippen LogP contribution >= 0.6 is 0 Å². The zero-order valence-electron chi connectivity index (χ0n) is 10.5. The summed E-state index contributed by atoms with van der Waals surface area (Å²) in [6.45, 7) is 0. The summed E-state index contributed by atoms with van der Waals surface area (Å²) in [6.07, 6.45) is 7.25. The van der Waals surface area contributed by atoms with Crippen LogP contribution in [-0.4, -0.2) is 18.5 Å². The number of anilines is 1. The lowest BCUT2D eigenvalue weighted by Crippen LogP contribution is -2.24. The molecule has 1 aromatic carbocycles. The average Bonchev–Trinajstić information content (AvgIpc) is 2.66. The number of rotatable bonds is 0. The van der Waals surface area contributed by atoms with Crippen molar-refractivity contribution in [2.45, 2.75) is 0 Å². The van der Waals surface area contributed by atoms with E-state index in [1.54, 1.807) is 37.4 Å². The van der Waals surface area contributed by atoms with Crippen LogP contribution in [0.5, 0.6) is 0 Å². The van der Waals surface area contributed by atoms with Crippen molar-refractivity contribution in [2.24, 2.45) is 4.99 Å². The molecule has 0 bridgehead atoms. The summed E-state index contributed by atoms with van der Waals surface area (Å²) >= 11 is 0. The van der Waals surface area contributed by atoms with Crippen LogP contribution in [0.3, 0.4) is 0 Å². The first-order valence-electron chi connectivity index (χ1n) is 5.98. The highest BCUT2D eigenvalue weighted by molar-refractivity contribution is 6.34. The van der Waals surface area contributed by atoms with Gasteiger partial charge in [0.25, 0.3) is 0 Å². The fourth-order valence-corrected chi connectivity index (χ4v) is 2.40. The van der Waals surface area contributed by atoms with E-state index in [2.05, 4.69) is 10.7 Å². The van der Waals surface area contributed by atoms with Crippen LogP contribution in [-0.2, 0) is 0 Å². The van der Waals surface area contributed by atoms with Gasteiger partial charge >= 0.3 is 0 Å². The molecule has 0 radical (unpaired) electrons. The number of benzene rings is 1. The Balaban J connectivity index is 2.42. The summed E-state index contributed by atoms with van der Waals surface area (Å²) in [6, 6.07) is 5.36. The van der Waals surface area contributed by atoms with Crippen molar-refractivity contribution < 1.29 is 4.79 Å². The van der Waals surface area contributed by atoms with Gasteiger partial charge in [-0.05, 0) is 18.2 Å². The van der Waals surface area contributed by atoms with Crippen molar-refractivity contribution in [3.63, 3.8) is 0 Å². The van der Waals surface area contributed by atoms with E-state index in [1.807, 2.05) is 12.2 Å². The Labute approximate surface area is 111 Å². The van der Waals surface area contributed by atoms with E-state index in [9.17, 15) is 4.79 Å². The van der Waals surface area contributed by atoms with E-state index in [0.29, 0.717) is 28.0 Å². The fraction of sp³-hybridized carbons (Fsp3) is 0.0625. The minimum Gasteiger partial charge on any atom is -0.398 e. The van der Waals surface area contributed by atoms with Gasteiger partial charge in [-0.1, -0.05) is 24.3 Å². The maximum Gasteiger partial charge on any atom is 0.195 e. The predicted molar refractivity (Wildman–Crippen MR) is 76.5 cm³/mol. The molecular weight excluding hydrogens is 236 g/mol. The van der Waals surface area contributed by atoms with Gasteiger partial charge in [0.1, 0.15) is 0 Å². The molecule has 0 amide bonds. The molecule has 0 heterocycles. The minimum atomic E-state index is -0.0304. The monoisotopic (exact) mass is 248 g/mol. The van der Waals surface area contributed by atoms with Crippen molar-refractivity contribution in [3.05, 3.63) is 70.5 Å². The predicted octanol–water partition coefficient (Wildman–Crippen LogP) is 2.46. The molecule has 2 N–H and O–H groups in total. The Kier molecular flexibility index (Phi) is 2.55. The van der Waals surface area contributed by atoms with Crippen molar-refractivity contribution >= 4 is 17.2 Å². The highest BCUT2D eigenvalue weighted by Crippen LogP contribution is 2.33. The maximum atomic E-state index is 12.5. The minimum absolute atomic E-state index is 0.0304. The molecule has 0 aliphatic heterocycles. The van der Waals surface area contributed by atoms with Crippen LogP contribution in [0.4, 0.5) is 5.69 Å². The van der Waals surface area contributed by atoms with Crippen molar-refractivity contribution in [3.8, 4) is 0 Å². The van der Waals surface area contributed by atoms with Crippen LogP contribution in [0.1, 0.15) is 15.9 Å². The number of allylic oxidation sites excluding steroid dienone is 5. The smallest absolute Gasteiger partial charge is 0.195 e. The van der Waals surface area contributed by atoms with Crippen molar-refractivity contribution in [1.82, 2.24) is 0 Å². The molecule has 1 aromatic rings. The number of hydrogen-bond acceptors (Lipinski definition) is 3. The number of ketones is 1. The first kappa shape index (κ1) is 11.5. The number of nitrogen functional groups attached to an aromatic ring is 1. The van der Waals surface area contributed by atoms with Gasteiger partial charge in [-0.2, -0.15) is 0 Å². The van der Waals surface area contributed by atoms with Crippen LogP contribution in [0.2, 0.25) is 0 Å². The van der Waals surface area contributed by atoms with Gasteiger partial charge in [-0.15, -0.1) is 5.73 Å². The molecule has 19 heavy (non-hydrogen) atoms. The Bertz CT molecular complexity index is 742. The largest absolute Gasteiger partial charge is 0.398 e. The number of fused-ring (bicyclic) bond motifs is 2. The number of nitrogens with two attached hydrogens (primary N) is 1. The number of carbonyl (C=O) groups excluding carboxylic acids is 1. The second-order valence-electron chi connectivity index (χ2n) is 4.32. The van der Waals surface area contributed by atoms with Crippen molar-refractivity contribution in [2.75, 3.05) is 12.8 Å². The molecule has 0 atom stereocenters. The second-order valence-corrected chi connectivity index (χ2v) is 4.32. The molecule has 2 aliphatic carbocycles. The molecule has 3 rings (SSSR count). The average molecular weight is 248 g/mol. The maximum absolute atomic E-state index is 12.5. The number of aliphatic imine (C=N–C) groups is 1. The van der Waals surface area contributed by atoms with Gasteiger partial charge in [0.2, 0.25) is 0 Å². The highest BCUT2D eigenvalue weighted by atomic mass is 16.1. The molecule has 0 spiro atoms. The zero-order chi connectivity index (χ0) is 13.4. The Hall–Kier alpha value is -2.64. The molecule has 3 nitrogen and oxygen atoms in total. The Morgan fingerprint density at radius 1 is 1.26 bits per heavy atom. The van der Waals surface area contributed by atoms with E-state index in [0.717, 1.165) is 5.71 Å². The van der Waals surface area contributed by atoms with Gasteiger partial charge < -0.3 is 5.73 Å². The second kappa shape index (κ2) is 4.23. The van der Waals surface area contributed by atoms with Gasteiger partial charge in [0.15, 0.2) is 5.78 Å². The topological polar surface area (TPSA) is 55.5 Å². The summed E-state index contributed by atoms with van der Waals surface area (Å²) in [5.74, 6) is -0.0304. The number of nitrogens with zero attached hydrogens (tertiary/aromatic N) is 1. The summed E-state index contributed by atoms with van der Waals surface area (Å²) < 4.78 is 0. The van der Waals surface area contributed by atoms with Gasteiger partial charge in [-0.3, -0.25) is 9.79 Å². The number of carbonyl (C=O) groups is 1. The number of Topliss-reactive ketones (excluding diaryl/α,β-unsaturated/α-hetero) is 1. The third-order valence-electron chi connectivity index (χ3n) is 3.25. The first-order valence-corrected chi connectivity index (χ1v) is 5.98. The molecular formula is C16H12N2O. The van der Waals surface area contributed by atoms with Gasteiger partial charge in [0.05, 0.1) is 11.3 Å². The van der Waals surface area contributed by atoms with Crippen LogP contribution in [0.25, 0.3) is 0 Å². The lowest BCUT2D eigenvalue weighted by molar-refractivity contribution is 0.103. The van der Waals surface area contributed by atoms with E-state index in [-0.39, 0.29) is 5.78 Å². The fourth-order valence-electron chi connectivity index (χ4n) is 2.40. The number of hydrogen-bond donors (Lipinski definition) is 1. The van der Waals surface area contributed by atoms with E-state index < -0.39 is 0 Å². The van der Waals surface area contributed by atoms with E-state index >= 15 is 0 Å². The molecule has 0 saturated carbocycles. The SMILES string of the molecule is CN=C1C2=C=CC=CC=C2C(=O)c2cccc(N)c21. The van der Waals surface area contributed by atoms with E-state index in [4.69, 9.17) is 5.73 Å². The lowest BCUT2D eigenvalue weighted by Gasteiger charge is -2.22. The summed E-state index contributed by atoms with van der Waals surface area (Å²) in [5.41, 5.74) is 13.1. The van der Waals surface area contributed by atoms with Crippen LogP contribution in [0, 0.1) is 0 Å². The summed E-state index contributed by atoms with van der Waals surface area (Å²) in [4.78, 5) is 16.8.